The van der Waals surface area contributed by atoms with Crippen LogP contribution in [0.3, 0.4) is 0 Å². The molecule has 0 radical (unpaired) electrons. The zero-order valence-electron chi connectivity index (χ0n) is 15.7. The maximum absolute atomic E-state index is 13.5. The van der Waals surface area contributed by atoms with Crippen LogP contribution >= 0.6 is 0 Å². The fourth-order valence-corrected chi connectivity index (χ4v) is 3.24. The predicted molar refractivity (Wildman–Crippen MR) is 105 cm³/mol. The third kappa shape index (κ3) is 5.58. The summed E-state index contributed by atoms with van der Waals surface area (Å²) in [5.41, 5.74) is 4.07. The fraction of sp³-hybridized carbons (Fsp3) is 0.429. The lowest BCUT2D eigenvalue weighted by atomic mass is 9.77. The Morgan fingerprint density at radius 1 is 1.38 bits per heavy atom. The topological polar surface area (TPSA) is 49.7 Å². The number of hydrogen-bond donors (Lipinski definition) is 2. The van der Waals surface area contributed by atoms with Gasteiger partial charge in [0.1, 0.15) is 0 Å². The number of halogens is 1. The van der Waals surface area contributed by atoms with Crippen molar-refractivity contribution < 1.29 is 19.2 Å². The average molecular weight is 358 g/mol. The van der Waals surface area contributed by atoms with Gasteiger partial charge in [-0.1, -0.05) is 50.6 Å². The van der Waals surface area contributed by atoms with E-state index in [1.807, 2.05) is 12.2 Å². The number of rotatable bonds is 8. The Balaban J connectivity index is 2.08. The van der Waals surface area contributed by atoms with Crippen LogP contribution in [0, 0.1) is 5.82 Å². The highest BCUT2D eigenvalue weighted by Crippen LogP contribution is 2.30. The number of aromatic hydroxyl groups is 1. The van der Waals surface area contributed by atoms with Crippen molar-refractivity contribution in [1.29, 1.82) is 0 Å². The lowest BCUT2D eigenvalue weighted by Crippen LogP contribution is -2.31. The summed E-state index contributed by atoms with van der Waals surface area (Å²) in [6.45, 7) is 8.35. The van der Waals surface area contributed by atoms with Gasteiger partial charge in [-0.15, -0.1) is 0 Å². The molecule has 0 aliphatic carbocycles. The minimum atomic E-state index is -0.765. The van der Waals surface area contributed by atoms with Crippen LogP contribution in [0.15, 0.2) is 47.6 Å². The molecule has 0 saturated heterocycles. The second-order valence-corrected chi connectivity index (χ2v) is 6.73. The first-order chi connectivity index (χ1) is 12.4. The van der Waals surface area contributed by atoms with Crippen molar-refractivity contribution in [3.63, 3.8) is 0 Å². The van der Waals surface area contributed by atoms with Gasteiger partial charge in [0, 0.05) is 6.32 Å². The van der Waals surface area contributed by atoms with E-state index in [0.29, 0.717) is 6.32 Å². The Bertz CT molecular complexity index is 696. The van der Waals surface area contributed by atoms with E-state index in [4.69, 9.17) is 4.65 Å². The second-order valence-electron chi connectivity index (χ2n) is 6.73. The Morgan fingerprint density at radius 2 is 2.15 bits per heavy atom. The molecule has 0 fully saturated rings. The van der Waals surface area contributed by atoms with E-state index < -0.39 is 12.9 Å². The van der Waals surface area contributed by atoms with Gasteiger partial charge in [0.15, 0.2) is 11.6 Å². The van der Waals surface area contributed by atoms with Gasteiger partial charge in [-0.25, -0.2) is 4.39 Å². The first-order valence-corrected chi connectivity index (χ1v) is 9.34. The van der Waals surface area contributed by atoms with Crippen molar-refractivity contribution >= 4 is 13.2 Å². The van der Waals surface area contributed by atoms with Crippen molar-refractivity contribution in [2.24, 2.45) is 0 Å². The molecule has 1 unspecified atom stereocenters. The van der Waals surface area contributed by atoms with Crippen molar-refractivity contribution in [3.8, 4) is 5.75 Å². The van der Waals surface area contributed by atoms with Gasteiger partial charge in [-0.3, -0.25) is 0 Å². The van der Waals surface area contributed by atoms with Crippen LogP contribution in [0.4, 0.5) is 4.39 Å². The number of phenols is 1. The predicted octanol–water partition coefficient (Wildman–Crippen LogP) is 5.27. The molecule has 0 bridgehead atoms. The minimum Gasteiger partial charge on any atom is -0.505 e. The summed E-state index contributed by atoms with van der Waals surface area (Å²) in [7, 11) is -0.765. The Labute approximate surface area is 156 Å². The van der Waals surface area contributed by atoms with Gasteiger partial charge >= 0.3 is 7.12 Å². The summed E-state index contributed by atoms with van der Waals surface area (Å²) in [5, 5.41) is 19.2. The van der Waals surface area contributed by atoms with E-state index in [9.17, 15) is 14.5 Å². The number of allylic oxidation sites excluding steroid dienone is 2. The van der Waals surface area contributed by atoms with Crippen molar-refractivity contribution in [1.82, 2.24) is 0 Å². The third-order valence-electron chi connectivity index (χ3n) is 4.69. The lowest BCUT2D eigenvalue weighted by Gasteiger charge is -2.28. The molecule has 1 aromatic carbocycles. The largest absolute Gasteiger partial charge is 0.505 e. The van der Waals surface area contributed by atoms with Crippen LogP contribution in [0.25, 0.3) is 6.08 Å². The molecule has 0 spiro atoms. The summed E-state index contributed by atoms with van der Waals surface area (Å²) < 4.78 is 19.3. The third-order valence-corrected chi connectivity index (χ3v) is 4.69. The summed E-state index contributed by atoms with van der Waals surface area (Å²) in [6, 6.07) is 4.40. The molecule has 1 atom stereocenters. The van der Waals surface area contributed by atoms with Crippen LogP contribution in [0.1, 0.15) is 51.5 Å². The van der Waals surface area contributed by atoms with E-state index >= 15 is 0 Å². The smallest absolute Gasteiger partial charge is 0.458 e. The number of hydrogen-bond acceptors (Lipinski definition) is 3. The summed E-state index contributed by atoms with van der Waals surface area (Å²) in [5.74, 6) is -0.956. The number of benzene rings is 1. The van der Waals surface area contributed by atoms with E-state index in [2.05, 4.69) is 20.4 Å². The van der Waals surface area contributed by atoms with Crippen LogP contribution in [-0.2, 0) is 4.65 Å². The molecule has 1 aliphatic heterocycles. The summed E-state index contributed by atoms with van der Waals surface area (Å²) in [4.78, 5) is 0. The summed E-state index contributed by atoms with van der Waals surface area (Å²) in [6.07, 6.45) is 8.64. The molecule has 5 heteroatoms. The summed E-state index contributed by atoms with van der Waals surface area (Å²) >= 11 is 0. The molecule has 1 aliphatic rings. The van der Waals surface area contributed by atoms with E-state index in [1.165, 1.54) is 17.7 Å². The first-order valence-electron chi connectivity index (χ1n) is 9.34. The molecule has 140 valence electrons. The monoisotopic (exact) mass is 358 g/mol. The molecule has 3 nitrogen and oxygen atoms in total. The number of phenolic OH excluding ortho intramolecular Hbond substituents is 1. The molecule has 0 aromatic heterocycles. The zero-order valence-corrected chi connectivity index (χ0v) is 15.7. The molecule has 0 amide bonds. The molecular weight excluding hydrogens is 330 g/mol. The van der Waals surface area contributed by atoms with Gasteiger partial charge in [0.25, 0.3) is 0 Å². The Morgan fingerprint density at radius 3 is 2.81 bits per heavy atom. The van der Waals surface area contributed by atoms with Crippen molar-refractivity contribution in [2.75, 3.05) is 0 Å². The standard InChI is InChI=1S/C21H28BFO3/c1-4-6-15(3)18-11-12-22(25)26-21(18)10-8-16(5-2)13-17-7-9-20(24)19(23)14-17/h7,9,11,13-14,21,24-25H,3-6,8,10,12H2,1-2H3/b16-13+. The molecule has 2 rings (SSSR count). The quantitative estimate of drug-likeness (QED) is 0.623. The van der Waals surface area contributed by atoms with E-state index in [0.717, 1.165) is 48.8 Å². The maximum atomic E-state index is 13.5. The minimum absolute atomic E-state index is 0.163. The zero-order chi connectivity index (χ0) is 19.1. The van der Waals surface area contributed by atoms with Crippen LogP contribution in [0.2, 0.25) is 6.32 Å². The highest BCUT2D eigenvalue weighted by Gasteiger charge is 2.27. The second kappa shape index (κ2) is 9.74. The van der Waals surface area contributed by atoms with Crippen LogP contribution in [0.5, 0.6) is 5.75 Å². The van der Waals surface area contributed by atoms with Crippen LogP contribution < -0.4 is 0 Å². The van der Waals surface area contributed by atoms with Gasteiger partial charge in [0.2, 0.25) is 0 Å². The molecule has 0 saturated carbocycles. The SMILES string of the molecule is C=C(CCC)C1=CCB(O)OC1CC/C(=C/c1ccc(O)c(F)c1)CC. The Kier molecular flexibility index (Phi) is 7.67. The van der Waals surface area contributed by atoms with Crippen molar-refractivity contribution in [2.45, 2.75) is 58.4 Å². The average Bonchev–Trinajstić information content (AvgIpc) is 2.61. The van der Waals surface area contributed by atoms with Gasteiger partial charge < -0.3 is 14.8 Å². The van der Waals surface area contributed by atoms with E-state index in [-0.39, 0.29) is 11.9 Å². The van der Waals surface area contributed by atoms with Gasteiger partial charge in [-0.05, 0) is 54.5 Å². The highest BCUT2D eigenvalue weighted by atomic mass is 19.1. The molecule has 1 aromatic rings. The lowest BCUT2D eigenvalue weighted by molar-refractivity contribution is 0.182. The normalized spacial score (nSPS) is 18.0. The maximum Gasteiger partial charge on any atom is 0.458 e. The van der Waals surface area contributed by atoms with Crippen LogP contribution in [-0.4, -0.2) is 23.4 Å². The van der Waals surface area contributed by atoms with Gasteiger partial charge in [0.05, 0.1) is 6.10 Å². The molecular formula is C21H28BFO3. The molecule has 2 N–H and O–H groups in total. The van der Waals surface area contributed by atoms with Gasteiger partial charge in [-0.2, -0.15) is 0 Å². The first kappa shape index (κ1) is 20.5. The fourth-order valence-electron chi connectivity index (χ4n) is 3.24. The highest BCUT2D eigenvalue weighted by molar-refractivity contribution is 6.43. The van der Waals surface area contributed by atoms with Crippen molar-refractivity contribution in [3.05, 3.63) is 59.0 Å². The Hall–Kier alpha value is -1.85. The van der Waals surface area contributed by atoms with E-state index in [1.54, 1.807) is 6.07 Å². The molecule has 1 heterocycles. The molecule has 26 heavy (non-hydrogen) atoms.